The second-order valence-electron chi connectivity index (χ2n) is 7.03. The average Bonchev–Trinajstić information content (AvgIpc) is 3.11. The van der Waals surface area contributed by atoms with Gasteiger partial charge in [-0.2, -0.15) is 0 Å². The van der Waals surface area contributed by atoms with Crippen LogP contribution in [0, 0.1) is 5.82 Å². The van der Waals surface area contributed by atoms with E-state index in [0.717, 1.165) is 43.0 Å². The van der Waals surface area contributed by atoms with Gasteiger partial charge in [-0.25, -0.2) is 9.18 Å². The van der Waals surface area contributed by atoms with E-state index in [1.165, 1.54) is 24.5 Å². The number of nitrogens with one attached hydrogen (secondary N) is 1. The van der Waals surface area contributed by atoms with Crippen LogP contribution in [0.4, 0.5) is 9.39 Å². The molecule has 0 radical (unpaired) electrons. The molecule has 1 aromatic carbocycles. The van der Waals surface area contributed by atoms with Crippen LogP contribution < -0.4 is 5.32 Å². The zero-order valence-electron chi connectivity index (χ0n) is 16.7. The molecule has 2 heterocycles. The lowest BCUT2D eigenvalue weighted by molar-refractivity contribution is -0.117. The van der Waals surface area contributed by atoms with Crippen LogP contribution in [0.15, 0.2) is 30.3 Å². The molecule has 0 atom stereocenters. The molecule has 2 aromatic rings. The first-order valence-electron chi connectivity index (χ1n) is 9.68. The van der Waals surface area contributed by atoms with Gasteiger partial charge in [0.15, 0.2) is 0 Å². The molecule has 3 rings (SSSR count). The van der Waals surface area contributed by atoms with Crippen LogP contribution in [-0.4, -0.2) is 61.5 Å². The minimum Gasteiger partial charge on any atom is -0.465 e. The largest absolute Gasteiger partial charge is 0.465 e. The van der Waals surface area contributed by atoms with Crippen molar-refractivity contribution in [2.24, 2.45) is 0 Å². The summed E-state index contributed by atoms with van der Waals surface area (Å²) in [4.78, 5) is 29.8. The average molecular weight is 420 g/mol. The highest BCUT2D eigenvalue weighted by molar-refractivity contribution is 7.16. The Kier molecular flexibility index (Phi) is 7.35. The number of hydrogen-bond donors (Lipinski definition) is 1. The first-order chi connectivity index (χ1) is 14.0. The molecular weight excluding hydrogens is 393 g/mol. The van der Waals surface area contributed by atoms with E-state index in [-0.39, 0.29) is 18.3 Å². The molecule has 1 aliphatic heterocycles. The van der Waals surface area contributed by atoms with E-state index in [2.05, 4.69) is 15.1 Å². The van der Waals surface area contributed by atoms with Gasteiger partial charge >= 0.3 is 5.97 Å². The van der Waals surface area contributed by atoms with Gasteiger partial charge in [0.2, 0.25) is 5.91 Å². The van der Waals surface area contributed by atoms with Crippen LogP contribution in [0.5, 0.6) is 0 Å². The number of thiophene rings is 1. The van der Waals surface area contributed by atoms with Gasteiger partial charge in [0.25, 0.3) is 0 Å². The number of nitrogens with zero attached hydrogens (tertiary/aromatic N) is 2. The van der Waals surface area contributed by atoms with Gasteiger partial charge in [-0.15, -0.1) is 11.3 Å². The number of rotatable bonds is 7. The smallest absolute Gasteiger partial charge is 0.340 e. The number of halogens is 1. The fourth-order valence-corrected chi connectivity index (χ4v) is 4.34. The summed E-state index contributed by atoms with van der Waals surface area (Å²) >= 11 is 1.41. The molecule has 8 heteroatoms. The summed E-state index contributed by atoms with van der Waals surface area (Å²) < 4.78 is 18.1. The molecule has 0 saturated carbocycles. The van der Waals surface area contributed by atoms with Crippen LogP contribution in [0.2, 0.25) is 0 Å². The Labute approximate surface area is 174 Å². The number of esters is 1. The Morgan fingerprint density at radius 2 is 1.90 bits per heavy atom. The summed E-state index contributed by atoms with van der Waals surface area (Å²) in [5.74, 6) is -0.801. The Morgan fingerprint density at radius 1 is 1.17 bits per heavy atom. The molecule has 0 bridgehead atoms. The SMILES string of the molecule is CCc1cc(C(=O)OC)c(NC(=O)CN2CCN(Cc3cccc(F)c3)CC2)s1. The number of aryl methyl sites for hydroxylation is 1. The van der Waals surface area contributed by atoms with Crippen molar-refractivity contribution >= 4 is 28.2 Å². The summed E-state index contributed by atoms with van der Waals surface area (Å²) in [6.45, 7) is 6.13. The maximum absolute atomic E-state index is 13.3. The highest BCUT2D eigenvalue weighted by atomic mass is 32.1. The van der Waals surface area contributed by atoms with Crippen molar-refractivity contribution in [3.63, 3.8) is 0 Å². The topological polar surface area (TPSA) is 61.9 Å². The summed E-state index contributed by atoms with van der Waals surface area (Å²) in [6, 6.07) is 8.43. The minimum absolute atomic E-state index is 0.141. The fourth-order valence-electron chi connectivity index (χ4n) is 3.34. The van der Waals surface area contributed by atoms with Gasteiger partial charge in [0.05, 0.1) is 19.2 Å². The Hall–Kier alpha value is -2.29. The van der Waals surface area contributed by atoms with Gasteiger partial charge in [0, 0.05) is 37.6 Å². The maximum Gasteiger partial charge on any atom is 0.340 e. The van der Waals surface area contributed by atoms with E-state index < -0.39 is 5.97 Å². The zero-order valence-corrected chi connectivity index (χ0v) is 17.6. The number of benzene rings is 1. The molecule has 1 aliphatic rings. The molecule has 6 nitrogen and oxygen atoms in total. The summed E-state index contributed by atoms with van der Waals surface area (Å²) in [5, 5.41) is 3.41. The minimum atomic E-state index is -0.442. The van der Waals surface area contributed by atoms with Crippen molar-refractivity contribution in [1.82, 2.24) is 9.80 Å². The molecule has 1 fully saturated rings. The third kappa shape index (κ3) is 5.85. The number of methoxy groups -OCH3 is 1. The first kappa shape index (κ1) is 21.4. The monoisotopic (exact) mass is 419 g/mol. The maximum atomic E-state index is 13.3. The van der Waals surface area contributed by atoms with Crippen LogP contribution in [0.1, 0.15) is 27.7 Å². The summed E-state index contributed by atoms with van der Waals surface area (Å²) in [5.41, 5.74) is 1.36. The normalized spacial score (nSPS) is 15.3. The molecule has 156 valence electrons. The highest BCUT2D eigenvalue weighted by Crippen LogP contribution is 2.29. The van der Waals surface area contributed by atoms with Crippen LogP contribution in [0.25, 0.3) is 0 Å². The highest BCUT2D eigenvalue weighted by Gasteiger charge is 2.22. The quantitative estimate of drug-likeness (QED) is 0.699. The lowest BCUT2D eigenvalue weighted by Crippen LogP contribution is -2.48. The van der Waals surface area contributed by atoms with Gasteiger partial charge in [-0.1, -0.05) is 19.1 Å². The number of ether oxygens (including phenoxy) is 1. The predicted octanol–water partition coefficient (Wildman–Crippen LogP) is 2.99. The second kappa shape index (κ2) is 9.96. The van der Waals surface area contributed by atoms with Crippen LogP contribution in [-0.2, 0) is 22.5 Å². The van der Waals surface area contributed by atoms with E-state index >= 15 is 0 Å². The standard InChI is InChI=1S/C21H26FN3O3S/c1-3-17-12-18(21(27)28-2)20(29-17)23-19(26)14-25-9-7-24(8-10-25)13-15-5-4-6-16(22)11-15/h4-6,11-12H,3,7-10,13-14H2,1-2H3,(H,23,26). The van der Waals surface area contributed by atoms with Crippen molar-refractivity contribution in [3.05, 3.63) is 52.2 Å². The van der Waals surface area contributed by atoms with Gasteiger partial charge < -0.3 is 10.1 Å². The van der Waals surface area contributed by atoms with Crippen LogP contribution in [0.3, 0.4) is 0 Å². The van der Waals surface area contributed by atoms with Crippen molar-refractivity contribution < 1.29 is 18.7 Å². The number of amides is 1. The third-order valence-corrected chi connectivity index (χ3v) is 6.11. The first-order valence-corrected chi connectivity index (χ1v) is 10.5. The van der Waals surface area contributed by atoms with Gasteiger partial charge in [0.1, 0.15) is 10.8 Å². The number of piperazine rings is 1. The Morgan fingerprint density at radius 3 is 2.55 bits per heavy atom. The number of anilines is 1. The molecule has 1 aromatic heterocycles. The lowest BCUT2D eigenvalue weighted by atomic mass is 10.2. The fraction of sp³-hybridized carbons (Fsp3) is 0.429. The lowest BCUT2D eigenvalue weighted by Gasteiger charge is -2.34. The summed E-state index contributed by atoms with van der Waals surface area (Å²) in [6.07, 6.45) is 0.789. The second-order valence-corrected chi connectivity index (χ2v) is 8.17. The van der Waals surface area contributed by atoms with Gasteiger partial charge in [-0.3, -0.25) is 14.6 Å². The van der Waals surface area contributed by atoms with Crippen molar-refractivity contribution in [2.75, 3.05) is 45.2 Å². The molecule has 0 unspecified atom stereocenters. The number of carbonyl (C=O) groups is 2. The molecule has 1 N–H and O–H groups in total. The molecule has 1 saturated heterocycles. The van der Waals surface area contributed by atoms with Crippen molar-refractivity contribution in [2.45, 2.75) is 19.9 Å². The molecule has 29 heavy (non-hydrogen) atoms. The van der Waals surface area contributed by atoms with Gasteiger partial charge in [-0.05, 0) is 30.2 Å². The van der Waals surface area contributed by atoms with Crippen LogP contribution >= 0.6 is 11.3 Å². The molecular formula is C21H26FN3O3S. The van der Waals surface area contributed by atoms with E-state index in [1.54, 1.807) is 18.2 Å². The van der Waals surface area contributed by atoms with E-state index in [0.29, 0.717) is 17.1 Å². The van der Waals surface area contributed by atoms with E-state index in [1.807, 2.05) is 13.0 Å². The molecule has 1 amide bonds. The van der Waals surface area contributed by atoms with Crippen molar-refractivity contribution in [3.8, 4) is 0 Å². The number of carbonyl (C=O) groups excluding carboxylic acids is 2. The zero-order chi connectivity index (χ0) is 20.8. The molecule has 0 spiro atoms. The van der Waals surface area contributed by atoms with E-state index in [9.17, 15) is 14.0 Å². The summed E-state index contributed by atoms with van der Waals surface area (Å²) in [7, 11) is 1.33. The van der Waals surface area contributed by atoms with E-state index in [4.69, 9.17) is 4.74 Å². The Balaban J connectivity index is 1.50. The third-order valence-electron chi connectivity index (χ3n) is 4.92. The number of hydrogen-bond acceptors (Lipinski definition) is 6. The molecule has 0 aliphatic carbocycles. The Bertz CT molecular complexity index is 863. The van der Waals surface area contributed by atoms with Crippen molar-refractivity contribution in [1.29, 1.82) is 0 Å². The predicted molar refractivity (Wildman–Crippen MR) is 112 cm³/mol.